The first kappa shape index (κ1) is 16.4. The number of amides is 1. The SMILES string of the molecule is CCN(CC)C(=O)CSc1nnc(S[C@H]2CCOC2)n1N. The van der Waals surface area contributed by atoms with Gasteiger partial charge in [0.05, 0.1) is 12.4 Å². The van der Waals surface area contributed by atoms with Crippen LogP contribution in [0.1, 0.15) is 20.3 Å². The van der Waals surface area contributed by atoms with Crippen LogP contribution in [0.5, 0.6) is 0 Å². The number of aromatic nitrogens is 3. The van der Waals surface area contributed by atoms with Gasteiger partial charge in [-0.15, -0.1) is 10.2 Å². The largest absolute Gasteiger partial charge is 0.380 e. The molecule has 21 heavy (non-hydrogen) atoms. The minimum atomic E-state index is 0.0893. The van der Waals surface area contributed by atoms with E-state index in [0.717, 1.165) is 19.6 Å². The Bertz CT molecular complexity index is 472. The van der Waals surface area contributed by atoms with Gasteiger partial charge in [-0.05, 0) is 20.3 Å². The Labute approximate surface area is 132 Å². The maximum absolute atomic E-state index is 12.0. The van der Waals surface area contributed by atoms with Gasteiger partial charge < -0.3 is 15.5 Å². The highest BCUT2D eigenvalue weighted by Gasteiger charge is 2.21. The summed E-state index contributed by atoms with van der Waals surface area (Å²) in [5, 5.41) is 9.77. The summed E-state index contributed by atoms with van der Waals surface area (Å²) in [6.45, 7) is 6.88. The molecular weight excluding hydrogens is 310 g/mol. The molecule has 0 aliphatic carbocycles. The van der Waals surface area contributed by atoms with Gasteiger partial charge in [0.1, 0.15) is 0 Å². The van der Waals surface area contributed by atoms with Crippen LogP contribution in [0.4, 0.5) is 0 Å². The third-order valence-corrected chi connectivity index (χ3v) is 5.36. The average Bonchev–Trinajstić information content (AvgIpc) is 3.10. The molecule has 118 valence electrons. The number of ether oxygens (including phenoxy) is 1. The molecule has 0 aromatic carbocycles. The molecule has 1 amide bonds. The van der Waals surface area contributed by atoms with E-state index in [0.29, 0.717) is 34.4 Å². The first-order valence-corrected chi connectivity index (χ1v) is 8.87. The zero-order valence-corrected chi connectivity index (χ0v) is 14.0. The zero-order chi connectivity index (χ0) is 15.2. The van der Waals surface area contributed by atoms with E-state index in [2.05, 4.69) is 10.2 Å². The minimum absolute atomic E-state index is 0.0893. The third-order valence-electron chi connectivity index (χ3n) is 3.23. The highest BCUT2D eigenvalue weighted by atomic mass is 32.2. The predicted molar refractivity (Wildman–Crippen MR) is 83.9 cm³/mol. The molecule has 1 aromatic rings. The van der Waals surface area contributed by atoms with Crippen molar-refractivity contribution >= 4 is 29.4 Å². The number of hydrogen-bond donors (Lipinski definition) is 1. The van der Waals surface area contributed by atoms with Gasteiger partial charge >= 0.3 is 0 Å². The van der Waals surface area contributed by atoms with Crippen LogP contribution in [0.3, 0.4) is 0 Å². The first-order valence-electron chi connectivity index (χ1n) is 7.01. The number of rotatable bonds is 7. The highest BCUT2D eigenvalue weighted by Crippen LogP contribution is 2.28. The van der Waals surface area contributed by atoms with Crippen LogP contribution >= 0.6 is 23.5 Å². The molecule has 1 saturated heterocycles. The van der Waals surface area contributed by atoms with Crippen LogP contribution in [0.25, 0.3) is 0 Å². The van der Waals surface area contributed by atoms with E-state index in [9.17, 15) is 4.79 Å². The summed E-state index contributed by atoms with van der Waals surface area (Å²) in [5.74, 6) is 6.41. The third kappa shape index (κ3) is 4.27. The number of thioether (sulfide) groups is 2. The standard InChI is InChI=1S/C12H21N5O2S2/c1-3-16(4-2)10(18)8-20-11-14-15-12(17(11)13)21-9-5-6-19-7-9/h9H,3-8,13H2,1-2H3/t9-/m0/s1. The molecule has 0 radical (unpaired) electrons. The lowest BCUT2D eigenvalue weighted by Crippen LogP contribution is -2.32. The lowest BCUT2D eigenvalue weighted by molar-refractivity contribution is -0.127. The molecule has 1 aliphatic rings. The molecule has 9 heteroatoms. The number of nitrogens with two attached hydrogens (primary N) is 1. The summed E-state index contributed by atoms with van der Waals surface area (Å²) >= 11 is 2.90. The summed E-state index contributed by atoms with van der Waals surface area (Å²) in [6, 6.07) is 0. The van der Waals surface area contributed by atoms with Gasteiger partial charge in [-0.2, -0.15) is 0 Å². The van der Waals surface area contributed by atoms with E-state index in [1.165, 1.54) is 16.4 Å². The zero-order valence-electron chi connectivity index (χ0n) is 12.3. The molecule has 1 atom stereocenters. The number of hydrogen-bond acceptors (Lipinski definition) is 7. The van der Waals surface area contributed by atoms with Crippen molar-refractivity contribution in [2.75, 3.05) is 37.9 Å². The van der Waals surface area contributed by atoms with Crippen molar-refractivity contribution in [1.82, 2.24) is 19.8 Å². The Balaban J connectivity index is 1.89. The van der Waals surface area contributed by atoms with Gasteiger partial charge in [-0.1, -0.05) is 23.5 Å². The van der Waals surface area contributed by atoms with Crippen molar-refractivity contribution < 1.29 is 9.53 Å². The summed E-state index contributed by atoms with van der Waals surface area (Å²) in [6.07, 6.45) is 1.00. The lowest BCUT2D eigenvalue weighted by Gasteiger charge is -2.17. The fraction of sp³-hybridized carbons (Fsp3) is 0.750. The molecule has 0 spiro atoms. The second-order valence-corrected chi connectivity index (χ2v) is 6.80. The molecule has 1 fully saturated rings. The molecule has 2 N–H and O–H groups in total. The van der Waals surface area contributed by atoms with Crippen LogP contribution in [0.15, 0.2) is 10.3 Å². The number of carbonyl (C=O) groups excluding carboxylic acids is 1. The highest BCUT2D eigenvalue weighted by molar-refractivity contribution is 8.00. The van der Waals surface area contributed by atoms with Crippen LogP contribution in [-0.4, -0.2) is 63.0 Å². The van der Waals surface area contributed by atoms with Gasteiger partial charge in [-0.3, -0.25) is 4.79 Å². The number of nitrogen functional groups attached to an aromatic ring is 1. The molecule has 2 heterocycles. The Hall–Kier alpha value is -0.930. The van der Waals surface area contributed by atoms with E-state index in [-0.39, 0.29) is 5.91 Å². The maximum atomic E-state index is 12.0. The van der Waals surface area contributed by atoms with E-state index >= 15 is 0 Å². The van der Waals surface area contributed by atoms with Gasteiger partial charge in [0.25, 0.3) is 0 Å². The van der Waals surface area contributed by atoms with Crippen molar-refractivity contribution in [2.24, 2.45) is 0 Å². The van der Waals surface area contributed by atoms with Crippen LogP contribution in [0.2, 0.25) is 0 Å². The smallest absolute Gasteiger partial charge is 0.233 e. The first-order chi connectivity index (χ1) is 10.2. The van der Waals surface area contributed by atoms with Gasteiger partial charge in [0.15, 0.2) is 0 Å². The Morgan fingerprint density at radius 2 is 2.14 bits per heavy atom. The maximum Gasteiger partial charge on any atom is 0.233 e. The molecule has 1 aromatic heterocycles. The van der Waals surface area contributed by atoms with Gasteiger partial charge in [-0.25, -0.2) is 4.68 Å². The fourth-order valence-corrected chi connectivity index (χ4v) is 3.77. The summed E-state index contributed by atoms with van der Waals surface area (Å²) in [7, 11) is 0. The quantitative estimate of drug-likeness (QED) is 0.585. The van der Waals surface area contributed by atoms with Crippen LogP contribution in [-0.2, 0) is 9.53 Å². The summed E-state index contributed by atoms with van der Waals surface area (Å²) < 4.78 is 6.79. The fourth-order valence-electron chi connectivity index (χ4n) is 1.99. The Kier molecular flexibility index (Phi) is 6.19. The van der Waals surface area contributed by atoms with Crippen LogP contribution in [0, 0.1) is 0 Å². The molecule has 2 rings (SSSR count). The van der Waals surface area contributed by atoms with Gasteiger partial charge in [0, 0.05) is 24.9 Å². The van der Waals surface area contributed by atoms with E-state index in [1.54, 1.807) is 16.7 Å². The van der Waals surface area contributed by atoms with Crippen molar-refractivity contribution in [1.29, 1.82) is 0 Å². The molecular formula is C12H21N5O2S2. The predicted octanol–water partition coefficient (Wildman–Crippen LogP) is 0.833. The van der Waals surface area contributed by atoms with Crippen LogP contribution < -0.4 is 5.84 Å². The summed E-state index contributed by atoms with van der Waals surface area (Å²) in [4.78, 5) is 13.7. The van der Waals surface area contributed by atoms with Crippen molar-refractivity contribution in [3.8, 4) is 0 Å². The van der Waals surface area contributed by atoms with Gasteiger partial charge in [0.2, 0.25) is 16.2 Å². The van der Waals surface area contributed by atoms with Crippen molar-refractivity contribution in [3.63, 3.8) is 0 Å². The van der Waals surface area contributed by atoms with E-state index in [1.807, 2.05) is 13.8 Å². The Morgan fingerprint density at radius 3 is 2.76 bits per heavy atom. The van der Waals surface area contributed by atoms with Crippen molar-refractivity contribution in [3.05, 3.63) is 0 Å². The topological polar surface area (TPSA) is 86.3 Å². The molecule has 0 saturated carbocycles. The molecule has 7 nitrogen and oxygen atoms in total. The monoisotopic (exact) mass is 331 g/mol. The number of carbonyl (C=O) groups is 1. The summed E-state index contributed by atoms with van der Waals surface area (Å²) in [5.41, 5.74) is 0. The lowest BCUT2D eigenvalue weighted by atomic mass is 10.4. The van der Waals surface area contributed by atoms with E-state index < -0.39 is 0 Å². The molecule has 1 aliphatic heterocycles. The second-order valence-electron chi connectivity index (χ2n) is 4.59. The number of nitrogens with zero attached hydrogens (tertiary/aromatic N) is 4. The second kappa shape index (κ2) is 7.90. The van der Waals surface area contributed by atoms with E-state index in [4.69, 9.17) is 10.6 Å². The molecule has 0 bridgehead atoms. The molecule has 0 unspecified atom stereocenters. The average molecular weight is 331 g/mol. The minimum Gasteiger partial charge on any atom is -0.380 e. The Morgan fingerprint density at radius 1 is 1.43 bits per heavy atom. The van der Waals surface area contributed by atoms with Crippen molar-refractivity contribution in [2.45, 2.75) is 35.8 Å². The normalized spacial score (nSPS) is 18.1.